The van der Waals surface area contributed by atoms with E-state index in [0.29, 0.717) is 0 Å². The van der Waals surface area contributed by atoms with Gasteiger partial charge in [-0.2, -0.15) is 0 Å². The second-order valence-electron chi connectivity index (χ2n) is 1.37. The molecule has 0 saturated heterocycles. The summed E-state index contributed by atoms with van der Waals surface area (Å²) in [6.45, 7) is 3.94. The van der Waals surface area contributed by atoms with Crippen LogP contribution in [0.5, 0.6) is 0 Å². The van der Waals surface area contributed by atoms with E-state index in [9.17, 15) is 0 Å². The largest absolute Gasteiger partial charge is 0.411 e. The molecule has 3 heteroatoms. The zero-order valence-corrected chi connectivity index (χ0v) is 6.03. The number of rotatable bonds is 2. The molecule has 50 valence electrons. The maximum Gasteiger partial charge on any atom is 0.0565 e. The molecular formula is C5H12ClNO. The van der Waals surface area contributed by atoms with Crippen LogP contribution >= 0.6 is 12.4 Å². The molecule has 0 aromatic rings. The van der Waals surface area contributed by atoms with E-state index in [1.54, 1.807) is 0 Å². The maximum atomic E-state index is 8.11. The van der Waals surface area contributed by atoms with Crippen molar-refractivity contribution in [2.45, 2.75) is 26.7 Å². The van der Waals surface area contributed by atoms with Crippen LogP contribution in [0.2, 0.25) is 0 Å². The van der Waals surface area contributed by atoms with Gasteiger partial charge in [0.2, 0.25) is 0 Å². The Hall–Kier alpha value is -0.240. The lowest BCUT2D eigenvalue weighted by molar-refractivity contribution is 0.316. The van der Waals surface area contributed by atoms with E-state index >= 15 is 0 Å². The fraction of sp³-hybridized carbons (Fsp3) is 0.800. The number of hydrogen-bond donors (Lipinski definition) is 1. The Labute approximate surface area is 56.0 Å². The van der Waals surface area contributed by atoms with Crippen molar-refractivity contribution >= 4 is 18.1 Å². The topological polar surface area (TPSA) is 32.6 Å². The molecule has 8 heavy (non-hydrogen) atoms. The average Bonchev–Trinajstić information content (AvgIpc) is 1.72. The van der Waals surface area contributed by atoms with Crippen molar-refractivity contribution in [1.29, 1.82) is 0 Å². The molecule has 0 aliphatic rings. The average molecular weight is 138 g/mol. The molecule has 0 unspecified atom stereocenters. The molecule has 0 rings (SSSR count). The van der Waals surface area contributed by atoms with Crippen LogP contribution in [0.3, 0.4) is 0 Å². The van der Waals surface area contributed by atoms with E-state index in [1.807, 2.05) is 13.8 Å². The Kier molecular flexibility index (Phi) is 9.03. The molecule has 0 aromatic heterocycles. The summed E-state index contributed by atoms with van der Waals surface area (Å²) in [5, 5.41) is 11.2. The van der Waals surface area contributed by atoms with E-state index in [4.69, 9.17) is 5.21 Å². The Morgan fingerprint density at radius 2 is 1.75 bits per heavy atom. The molecule has 1 N–H and O–H groups in total. The smallest absolute Gasteiger partial charge is 0.0565 e. The molecule has 0 aliphatic carbocycles. The highest BCUT2D eigenvalue weighted by Gasteiger charge is 1.86. The molecule has 0 bridgehead atoms. The minimum absolute atomic E-state index is 0. The van der Waals surface area contributed by atoms with Gasteiger partial charge in [-0.15, -0.1) is 12.4 Å². The highest BCUT2D eigenvalue weighted by atomic mass is 35.5. The third-order valence-electron chi connectivity index (χ3n) is 0.958. The highest BCUT2D eigenvalue weighted by molar-refractivity contribution is 5.85. The van der Waals surface area contributed by atoms with Crippen LogP contribution in [0, 0.1) is 0 Å². The van der Waals surface area contributed by atoms with Crippen molar-refractivity contribution in [2.75, 3.05) is 0 Å². The Balaban J connectivity index is 0. The van der Waals surface area contributed by atoms with E-state index in [0.717, 1.165) is 18.6 Å². The first kappa shape index (κ1) is 10.7. The second-order valence-corrected chi connectivity index (χ2v) is 1.37. The van der Waals surface area contributed by atoms with Gasteiger partial charge in [-0.1, -0.05) is 19.0 Å². The number of hydrogen-bond acceptors (Lipinski definition) is 2. The molecule has 0 heterocycles. The standard InChI is InChI=1S/C5H11NO.ClH/c1-3-5(4-2)6-7;/h7H,3-4H2,1-2H3;1H. The van der Waals surface area contributed by atoms with E-state index < -0.39 is 0 Å². The van der Waals surface area contributed by atoms with E-state index in [-0.39, 0.29) is 12.4 Å². The van der Waals surface area contributed by atoms with Gasteiger partial charge in [-0.25, -0.2) is 0 Å². The molecule has 0 spiro atoms. The predicted octanol–water partition coefficient (Wildman–Crippen LogP) is 2.06. The first-order valence-corrected chi connectivity index (χ1v) is 2.54. The third-order valence-corrected chi connectivity index (χ3v) is 0.958. The quantitative estimate of drug-likeness (QED) is 0.353. The van der Waals surface area contributed by atoms with Crippen LogP contribution < -0.4 is 0 Å². The Morgan fingerprint density at radius 1 is 1.38 bits per heavy atom. The van der Waals surface area contributed by atoms with Crippen LogP contribution in [-0.2, 0) is 0 Å². The van der Waals surface area contributed by atoms with Crippen molar-refractivity contribution in [1.82, 2.24) is 0 Å². The van der Waals surface area contributed by atoms with Crippen LogP contribution in [0.4, 0.5) is 0 Å². The minimum Gasteiger partial charge on any atom is -0.411 e. The van der Waals surface area contributed by atoms with Gasteiger partial charge >= 0.3 is 0 Å². The van der Waals surface area contributed by atoms with Gasteiger partial charge < -0.3 is 5.21 Å². The summed E-state index contributed by atoms with van der Waals surface area (Å²) < 4.78 is 0. The van der Waals surface area contributed by atoms with Gasteiger partial charge in [0.1, 0.15) is 0 Å². The highest BCUT2D eigenvalue weighted by Crippen LogP contribution is 1.87. The van der Waals surface area contributed by atoms with Gasteiger partial charge in [0.05, 0.1) is 5.71 Å². The predicted molar refractivity (Wildman–Crippen MR) is 37.1 cm³/mol. The van der Waals surface area contributed by atoms with Gasteiger partial charge in [0.15, 0.2) is 0 Å². The fourth-order valence-corrected chi connectivity index (χ4v) is 0.391. The molecule has 0 saturated carbocycles. The minimum atomic E-state index is 0. The summed E-state index contributed by atoms with van der Waals surface area (Å²) in [4.78, 5) is 0. The lowest BCUT2D eigenvalue weighted by Crippen LogP contribution is -1.90. The Morgan fingerprint density at radius 3 is 1.75 bits per heavy atom. The molecular weight excluding hydrogens is 126 g/mol. The molecule has 2 nitrogen and oxygen atoms in total. The summed E-state index contributed by atoms with van der Waals surface area (Å²) in [5.41, 5.74) is 0.861. The summed E-state index contributed by atoms with van der Waals surface area (Å²) in [7, 11) is 0. The van der Waals surface area contributed by atoms with Crippen molar-refractivity contribution in [2.24, 2.45) is 5.16 Å². The zero-order valence-electron chi connectivity index (χ0n) is 5.22. The summed E-state index contributed by atoms with van der Waals surface area (Å²) in [5.74, 6) is 0. The summed E-state index contributed by atoms with van der Waals surface area (Å²) in [6.07, 6.45) is 1.71. The first-order chi connectivity index (χ1) is 3.35. The maximum absolute atomic E-state index is 8.11. The lowest BCUT2D eigenvalue weighted by atomic mass is 10.2. The van der Waals surface area contributed by atoms with Gasteiger partial charge in [-0.05, 0) is 12.8 Å². The molecule has 0 aliphatic heterocycles. The summed E-state index contributed by atoms with van der Waals surface area (Å²) >= 11 is 0. The zero-order chi connectivity index (χ0) is 5.70. The summed E-state index contributed by atoms with van der Waals surface area (Å²) in [6, 6.07) is 0. The van der Waals surface area contributed by atoms with Gasteiger partial charge in [-0.3, -0.25) is 0 Å². The fourth-order valence-electron chi connectivity index (χ4n) is 0.391. The molecule has 0 radical (unpaired) electrons. The number of nitrogens with zero attached hydrogens (tertiary/aromatic N) is 1. The van der Waals surface area contributed by atoms with Crippen LogP contribution in [-0.4, -0.2) is 10.9 Å². The van der Waals surface area contributed by atoms with Crippen LogP contribution in [0.15, 0.2) is 5.16 Å². The SMILES string of the molecule is CCC(CC)=NO.Cl. The molecule has 0 aromatic carbocycles. The third kappa shape index (κ3) is 3.93. The second kappa shape index (κ2) is 6.76. The molecule has 0 atom stereocenters. The molecule has 0 amide bonds. The van der Waals surface area contributed by atoms with Crippen molar-refractivity contribution < 1.29 is 5.21 Å². The first-order valence-electron chi connectivity index (χ1n) is 2.54. The van der Waals surface area contributed by atoms with Crippen molar-refractivity contribution in [3.05, 3.63) is 0 Å². The van der Waals surface area contributed by atoms with Crippen molar-refractivity contribution in [3.63, 3.8) is 0 Å². The van der Waals surface area contributed by atoms with Crippen LogP contribution in [0.1, 0.15) is 26.7 Å². The van der Waals surface area contributed by atoms with Crippen LogP contribution in [0.25, 0.3) is 0 Å². The van der Waals surface area contributed by atoms with Gasteiger partial charge in [0.25, 0.3) is 0 Å². The van der Waals surface area contributed by atoms with Crippen molar-refractivity contribution in [3.8, 4) is 0 Å². The van der Waals surface area contributed by atoms with E-state index in [2.05, 4.69) is 5.16 Å². The molecule has 0 fully saturated rings. The number of oxime groups is 1. The van der Waals surface area contributed by atoms with E-state index in [1.165, 1.54) is 0 Å². The lowest BCUT2D eigenvalue weighted by Gasteiger charge is -1.89. The van der Waals surface area contributed by atoms with Gasteiger partial charge in [0, 0.05) is 0 Å². The monoisotopic (exact) mass is 137 g/mol. The number of halogens is 1. The normalized spacial score (nSPS) is 7.25. The Bertz CT molecular complexity index is 66.8.